The summed E-state index contributed by atoms with van der Waals surface area (Å²) in [5, 5.41) is 20.9. The number of nitrogens with zero attached hydrogens (tertiary/aromatic N) is 3. The monoisotopic (exact) mass is 479 g/mol. The molecule has 154 valence electrons. The van der Waals surface area contributed by atoms with Crippen molar-refractivity contribution < 1.29 is 4.79 Å². The standard InChI is InChI=1S/C27H18BrN3O/c28-21-12-6-5-11-20(21)24-25(26(32)19-9-2-1-3-10-19)31-22-13-7-4-8-18(22)14-15-23(31)27(24,16-29)17-30/h1-15,23-25H/t23-,24+,25+/m0/s1. The molecule has 0 aliphatic carbocycles. The summed E-state index contributed by atoms with van der Waals surface area (Å²) >= 11 is 3.61. The van der Waals surface area contributed by atoms with Crippen molar-refractivity contribution in [3.05, 3.63) is 106 Å². The second-order valence-electron chi connectivity index (χ2n) is 8.04. The molecule has 0 N–H and O–H groups in total. The highest BCUT2D eigenvalue weighted by Crippen LogP contribution is 2.56. The lowest BCUT2D eigenvalue weighted by Gasteiger charge is -2.35. The first-order valence-electron chi connectivity index (χ1n) is 10.3. The fourth-order valence-electron chi connectivity index (χ4n) is 5.08. The van der Waals surface area contributed by atoms with Gasteiger partial charge in [-0.25, -0.2) is 0 Å². The van der Waals surface area contributed by atoms with Gasteiger partial charge in [-0.15, -0.1) is 0 Å². The molecule has 3 aromatic carbocycles. The maximum Gasteiger partial charge on any atom is 0.185 e. The molecule has 0 bridgehead atoms. The zero-order valence-corrected chi connectivity index (χ0v) is 18.6. The molecule has 2 aliphatic rings. The smallest absolute Gasteiger partial charge is 0.185 e. The van der Waals surface area contributed by atoms with Crippen LogP contribution in [0.5, 0.6) is 0 Å². The SMILES string of the molecule is N#CC1(C#N)[C@H](c2ccccc2Br)[C@H](C(=O)c2ccccc2)N2c3ccccc3C=C[C@H]21. The largest absolute Gasteiger partial charge is 0.351 e. The number of halogens is 1. The molecule has 0 radical (unpaired) electrons. The lowest BCUT2D eigenvalue weighted by Crippen LogP contribution is -2.44. The Labute approximate surface area is 195 Å². The summed E-state index contributed by atoms with van der Waals surface area (Å²) in [4.78, 5) is 16.0. The number of benzene rings is 3. The third-order valence-electron chi connectivity index (χ3n) is 6.48. The van der Waals surface area contributed by atoms with Crippen molar-refractivity contribution in [2.24, 2.45) is 5.41 Å². The van der Waals surface area contributed by atoms with Crippen LogP contribution in [0.15, 0.2) is 89.4 Å². The summed E-state index contributed by atoms with van der Waals surface area (Å²) in [7, 11) is 0. The Morgan fingerprint density at radius 3 is 2.28 bits per heavy atom. The van der Waals surface area contributed by atoms with Crippen LogP contribution in [-0.2, 0) is 0 Å². The van der Waals surface area contributed by atoms with E-state index in [0.29, 0.717) is 5.56 Å². The summed E-state index contributed by atoms with van der Waals surface area (Å²) in [6.45, 7) is 0. The zero-order chi connectivity index (χ0) is 22.3. The van der Waals surface area contributed by atoms with Crippen LogP contribution in [0.1, 0.15) is 27.4 Å². The van der Waals surface area contributed by atoms with Crippen LogP contribution in [0.4, 0.5) is 5.69 Å². The van der Waals surface area contributed by atoms with Crippen molar-refractivity contribution in [3.8, 4) is 12.1 Å². The molecule has 2 heterocycles. The Kier molecular flexibility index (Phi) is 4.93. The van der Waals surface area contributed by atoms with E-state index in [1.54, 1.807) is 12.1 Å². The maximum absolute atomic E-state index is 14.0. The van der Waals surface area contributed by atoms with Gasteiger partial charge in [0, 0.05) is 21.6 Å². The van der Waals surface area contributed by atoms with Crippen molar-refractivity contribution in [2.45, 2.75) is 18.0 Å². The minimum Gasteiger partial charge on any atom is -0.351 e. The zero-order valence-electron chi connectivity index (χ0n) is 17.0. The number of hydrogen-bond acceptors (Lipinski definition) is 4. The number of rotatable bonds is 3. The normalized spacial score (nSPS) is 22.3. The summed E-state index contributed by atoms with van der Waals surface area (Å²) in [5.74, 6) is -0.754. The van der Waals surface area contributed by atoms with Crippen LogP contribution in [0.2, 0.25) is 0 Å². The van der Waals surface area contributed by atoms with Crippen molar-refractivity contribution in [3.63, 3.8) is 0 Å². The predicted molar refractivity (Wildman–Crippen MR) is 127 cm³/mol. The molecule has 0 unspecified atom stereocenters. The number of carbonyl (C=O) groups excluding carboxylic acids is 1. The third kappa shape index (κ3) is 2.83. The van der Waals surface area contributed by atoms with Gasteiger partial charge in [0.25, 0.3) is 0 Å². The molecule has 0 aromatic heterocycles. The van der Waals surface area contributed by atoms with E-state index in [9.17, 15) is 15.3 Å². The quantitative estimate of drug-likeness (QED) is 0.449. The number of Topliss-reactive ketones (excluding diaryl/α,β-unsaturated/α-hetero) is 1. The van der Waals surface area contributed by atoms with Gasteiger partial charge in [0.15, 0.2) is 11.2 Å². The van der Waals surface area contributed by atoms with Gasteiger partial charge in [0.05, 0.1) is 18.2 Å². The van der Waals surface area contributed by atoms with Crippen LogP contribution in [0.3, 0.4) is 0 Å². The lowest BCUT2D eigenvalue weighted by molar-refractivity contribution is 0.0951. The minimum atomic E-state index is -1.44. The number of para-hydroxylation sites is 1. The first-order chi connectivity index (χ1) is 15.6. The fourth-order valence-corrected chi connectivity index (χ4v) is 5.61. The maximum atomic E-state index is 14.0. The molecule has 1 saturated heterocycles. The summed E-state index contributed by atoms with van der Waals surface area (Å²) < 4.78 is 0.780. The molecule has 32 heavy (non-hydrogen) atoms. The summed E-state index contributed by atoms with van der Waals surface area (Å²) in [5.41, 5.74) is 1.73. The topological polar surface area (TPSA) is 67.9 Å². The van der Waals surface area contributed by atoms with Crippen LogP contribution >= 0.6 is 15.9 Å². The third-order valence-corrected chi connectivity index (χ3v) is 7.20. The van der Waals surface area contributed by atoms with E-state index in [4.69, 9.17) is 0 Å². The molecule has 4 nitrogen and oxygen atoms in total. The van der Waals surface area contributed by atoms with E-state index in [2.05, 4.69) is 28.1 Å². The van der Waals surface area contributed by atoms with E-state index >= 15 is 0 Å². The van der Waals surface area contributed by atoms with E-state index < -0.39 is 23.4 Å². The molecule has 2 aliphatic heterocycles. The van der Waals surface area contributed by atoms with Gasteiger partial charge in [-0.3, -0.25) is 4.79 Å². The number of fused-ring (bicyclic) bond motifs is 3. The van der Waals surface area contributed by atoms with Crippen LogP contribution in [0, 0.1) is 28.1 Å². The lowest BCUT2D eigenvalue weighted by atomic mass is 9.69. The van der Waals surface area contributed by atoms with Gasteiger partial charge in [-0.1, -0.05) is 94.8 Å². The fraction of sp³-hybridized carbons (Fsp3) is 0.148. The number of ketones is 1. The molecule has 5 heteroatoms. The van der Waals surface area contributed by atoms with Crippen molar-refractivity contribution in [2.75, 3.05) is 4.90 Å². The van der Waals surface area contributed by atoms with Gasteiger partial charge >= 0.3 is 0 Å². The van der Waals surface area contributed by atoms with E-state index in [1.807, 2.05) is 83.8 Å². The van der Waals surface area contributed by atoms with Crippen molar-refractivity contribution in [1.29, 1.82) is 10.5 Å². The minimum absolute atomic E-state index is 0.103. The Balaban J connectivity index is 1.81. The molecule has 5 rings (SSSR count). The van der Waals surface area contributed by atoms with E-state index in [0.717, 1.165) is 21.3 Å². The van der Waals surface area contributed by atoms with E-state index in [-0.39, 0.29) is 5.78 Å². The van der Waals surface area contributed by atoms with Crippen molar-refractivity contribution >= 4 is 33.5 Å². The molecule has 3 atom stereocenters. The average Bonchev–Trinajstić information content (AvgIpc) is 3.15. The Morgan fingerprint density at radius 1 is 0.906 bits per heavy atom. The molecular weight excluding hydrogens is 462 g/mol. The first-order valence-corrected chi connectivity index (χ1v) is 11.1. The first kappa shape index (κ1) is 20.2. The van der Waals surface area contributed by atoms with Crippen LogP contribution < -0.4 is 4.90 Å². The van der Waals surface area contributed by atoms with Gasteiger partial charge in [0.2, 0.25) is 0 Å². The van der Waals surface area contributed by atoms with Gasteiger partial charge in [-0.2, -0.15) is 10.5 Å². The molecule has 0 spiro atoms. The number of anilines is 1. The Hall–Kier alpha value is -3.67. The number of nitriles is 2. The Bertz CT molecular complexity index is 1300. The van der Waals surface area contributed by atoms with Crippen LogP contribution in [-0.4, -0.2) is 17.9 Å². The highest BCUT2D eigenvalue weighted by Gasteiger charge is 2.63. The average molecular weight is 480 g/mol. The Morgan fingerprint density at radius 2 is 1.56 bits per heavy atom. The molecule has 0 saturated carbocycles. The van der Waals surface area contributed by atoms with Crippen LogP contribution in [0.25, 0.3) is 6.08 Å². The number of hydrogen-bond donors (Lipinski definition) is 0. The highest BCUT2D eigenvalue weighted by atomic mass is 79.9. The second-order valence-corrected chi connectivity index (χ2v) is 8.89. The molecule has 1 fully saturated rings. The molecular formula is C27H18BrN3O. The molecule has 3 aromatic rings. The van der Waals surface area contributed by atoms with Gasteiger partial charge < -0.3 is 4.90 Å². The van der Waals surface area contributed by atoms with Crippen molar-refractivity contribution in [1.82, 2.24) is 0 Å². The second kappa shape index (κ2) is 7.79. The highest BCUT2D eigenvalue weighted by molar-refractivity contribution is 9.10. The predicted octanol–water partition coefficient (Wildman–Crippen LogP) is 5.73. The number of carbonyl (C=O) groups is 1. The summed E-state index contributed by atoms with van der Waals surface area (Å²) in [6, 6.07) is 27.9. The van der Waals surface area contributed by atoms with E-state index in [1.165, 1.54) is 0 Å². The molecule has 0 amide bonds. The summed E-state index contributed by atoms with van der Waals surface area (Å²) in [6.07, 6.45) is 3.85. The van der Waals surface area contributed by atoms with Gasteiger partial charge in [0.1, 0.15) is 6.04 Å². The van der Waals surface area contributed by atoms with Gasteiger partial charge in [-0.05, 0) is 23.3 Å².